The molecule has 2 aliphatic rings. The second-order valence-corrected chi connectivity index (χ2v) is 7.59. The smallest absolute Gasteiger partial charge is 0.240 e. The van der Waals surface area contributed by atoms with Gasteiger partial charge in [-0.3, -0.25) is 4.99 Å². The van der Waals surface area contributed by atoms with E-state index in [0.29, 0.717) is 12.5 Å². The molecule has 3 rings (SSSR count). The summed E-state index contributed by atoms with van der Waals surface area (Å²) < 4.78 is 37.0. The average Bonchev–Trinajstić information content (AvgIpc) is 3.01. The van der Waals surface area contributed by atoms with E-state index in [1.807, 2.05) is 6.08 Å². The Hall–Kier alpha value is -1.53. The molecular formula is C16H19FN2O2S. The third-order valence-corrected chi connectivity index (χ3v) is 5.74. The molecule has 0 bridgehead atoms. The second-order valence-electron chi connectivity index (χ2n) is 6.06. The fraction of sp³-hybridized carbons (Fsp3) is 0.438. The third kappa shape index (κ3) is 2.61. The lowest BCUT2D eigenvalue weighted by atomic mass is 9.68. The van der Waals surface area contributed by atoms with Crippen molar-refractivity contribution in [2.45, 2.75) is 36.0 Å². The zero-order chi connectivity index (χ0) is 15.8. The molecule has 1 saturated carbocycles. The first-order valence-corrected chi connectivity index (χ1v) is 8.98. The predicted molar refractivity (Wildman–Crippen MR) is 83.9 cm³/mol. The van der Waals surface area contributed by atoms with Crippen LogP contribution in [0.2, 0.25) is 0 Å². The molecule has 1 aromatic rings. The molecule has 2 N–H and O–H groups in total. The van der Waals surface area contributed by atoms with Crippen molar-refractivity contribution in [2.24, 2.45) is 16.0 Å². The summed E-state index contributed by atoms with van der Waals surface area (Å²) in [6.07, 6.45) is 10.2. The van der Waals surface area contributed by atoms with E-state index in [-0.39, 0.29) is 5.41 Å². The maximum atomic E-state index is 14.2. The molecule has 118 valence electrons. The number of hydrogen-bond acceptors (Lipinski definition) is 3. The molecule has 0 spiro atoms. The molecule has 0 radical (unpaired) electrons. The molecular weight excluding hydrogens is 303 g/mol. The molecule has 1 atom stereocenters. The molecule has 1 aromatic carbocycles. The zero-order valence-electron chi connectivity index (χ0n) is 12.2. The van der Waals surface area contributed by atoms with Crippen molar-refractivity contribution < 1.29 is 12.8 Å². The van der Waals surface area contributed by atoms with Crippen LogP contribution in [0.15, 0.2) is 40.2 Å². The highest BCUT2D eigenvalue weighted by Crippen LogP contribution is 2.44. The van der Waals surface area contributed by atoms with Gasteiger partial charge in [-0.1, -0.05) is 25.0 Å². The molecule has 0 saturated heterocycles. The van der Waals surface area contributed by atoms with E-state index in [1.54, 1.807) is 12.3 Å². The number of halogens is 1. The van der Waals surface area contributed by atoms with Crippen molar-refractivity contribution in [2.75, 3.05) is 6.54 Å². The first kappa shape index (κ1) is 15.4. The predicted octanol–water partition coefficient (Wildman–Crippen LogP) is 2.54. The van der Waals surface area contributed by atoms with Crippen LogP contribution < -0.4 is 5.14 Å². The van der Waals surface area contributed by atoms with Gasteiger partial charge in [0.15, 0.2) is 0 Å². The van der Waals surface area contributed by atoms with Crippen LogP contribution in [0, 0.1) is 11.7 Å². The third-order valence-electron chi connectivity index (χ3n) is 4.80. The molecule has 0 aromatic heterocycles. The summed E-state index contributed by atoms with van der Waals surface area (Å²) >= 11 is 0. The molecule has 1 aliphatic carbocycles. The van der Waals surface area contributed by atoms with Gasteiger partial charge in [-0.25, -0.2) is 17.9 Å². The SMILES string of the molecule is NS(=O)(=O)c1ccc(C2(C3CCCC3)C=CC=NC2)cc1F. The number of nitrogens with two attached hydrogens (primary N) is 1. The summed E-state index contributed by atoms with van der Waals surface area (Å²) in [4.78, 5) is 3.92. The van der Waals surface area contributed by atoms with Gasteiger partial charge in [0.25, 0.3) is 0 Å². The van der Waals surface area contributed by atoms with E-state index in [4.69, 9.17) is 5.14 Å². The normalized spacial score (nSPS) is 25.7. The monoisotopic (exact) mass is 322 g/mol. The standard InChI is InChI=1S/C16H19FN2O2S/c17-14-10-13(6-7-15(14)22(18,20)21)16(8-3-9-19-11-16)12-4-1-2-5-12/h3,6-10,12H,1-2,4-5,11H2,(H2,18,20,21). The molecule has 1 heterocycles. The van der Waals surface area contributed by atoms with Gasteiger partial charge in [-0.05, 0) is 42.5 Å². The Morgan fingerprint density at radius 3 is 2.55 bits per heavy atom. The van der Waals surface area contributed by atoms with Crippen LogP contribution in [0.1, 0.15) is 31.2 Å². The van der Waals surface area contributed by atoms with Gasteiger partial charge in [0, 0.05) is 11.6 Å². The molecule has 1 unspecified atom stereocenters. The van der Waals surface area contributed by atoms with Crippen molar-refractivity contribution in [3.05, 3.63) is 41.7 Å². The summed E-state index contributed by atoms with van der Waals surface area (Å²) in [6.45, 7) is 0.572. The van der Waals surface area contributed by atoms with Crippen LogP contribution in [0.4, 0.5) is 4.39 Å². The van der Waals surface area contributed by atoms with E-state index in [2.05, 4.69) is 11.1 Å². The van der Waals surface area contributed by atoms with Crippen LogP contribution in [-0.4, -0.2) is 21.2 Å². The van der Waals surface area contributed by atoms with Crippen molar-refractivity contribution in [1.82, 2.24) is 0 Å². The summed E-state index contributed by atoms with van der Waals surface area (Å²) in [6, 6.07) is 4.25. The minimum Gasteiger partial charge on any atom is -0.292 e. The molecule has 22 heavy (non-hydrogen) atoms. The van der Waals surface area contributed by atoms with Gasteiger partial charge in [0.2, 0.25) is 10.0 Å². The molecule has 0 amide bonds. The molecule has 1 fully saturated rings. The highest BCUT2D eigenvalue weighted by Gasteiger charge is 2.40. The summed E-state index contributed by atoms with van der Waals surface area (Å²) in [5, 5.41) is 5.04. The minimum atomic E-state index is -4.04. The highest BCUT2D eigenvalue weighted by molar-refractivity contribution is 7.89. The lowest BCUT2D eigenvalue weighted by Gasteiger charge is -2.37. The Balaban J connectivity index is 2.08. The van der Waals surface area contributed by atoms with Gasteiger partial charge in [-0.2, -0.15) is 0 Å². The quantitative estimate of drug-likeness (QED) is 0.929. The van der Waals surface area contributed by atoms with E-state index < -0.39 is 20.7 Å². The van der Waals surface area contributed by atoms with E-state index >= 15 is 0 Å². The van der Waals surface area contributed by atoms with E-state index in [0.717, 1.165) is 18.4 Å². The van der Waals surface area contributed by atoms with Gasteiger partial charge >= 0.3 is 0 Å². The average molecular weight is 322 g/mol. The topological polar surface area (TPSA) is 72.5 Å². The number of dihydropyridines is 1. The van der Waals surface area contributed by atoms with Gasteiger partial charge in [-0.15, -0.1) is 0 Å². The number of nitrogens with zero attached hydrogens (tertiary/aromatic N) is 1. The summed E-state index contributed by atoms with van der Waals surface area (Å²) in [5.74, 6) is -0.388. The van der Waals surface area contributed by atoms with Gasteiger partial charge in [0.05, 0.1) is 6.54 Å². The zero-order valence-corrected chi connectivity index (χ0v) is 13.0. The Morgan fingerprint density at radius 2 is 2.00 bits per heavy atom. The van der Waals surface area contributed by atoms with Gasteiger partial charge < -0.3 is 0 Å². The van der Waals surface area contributed by atoms with Crippen molar-refractivity contribution in [3.8, 4) is 0 Å². The number of primary sulfonamides is 1. The molecule has 4 nitrogen and oxygen atoms in total. The Labute approximate surface area is 130 Å². The first-order valence-electron chi connectivity index (χ1n) is 7.44. The minimum absolute atomic E-state index is 0.344. The Morgan fingerprint density at radius 1 is 1.27 bits per heavy atom. The lowest BCUT2D eigenvalue weighted by Crippen LogP contribution is -2.36. The highest BCUT2D eigenvalue weighted by atomic mass is 32.2. The number of sulfonamides is 1. The van der Waals surface area contributed by atoms with Crippen LogP contribution in [0.25, 0.3) is 0 Å². The fourth-order valence-corrected chi connectivity index (χ4v) is 4.27. The van der Waals surface area contributed by atoms with E-state index in [1.165, 1.54) is 25.0 Å². The second kappa shape index (κ2) is 5.59. The first-order chi connectivity index (χ1) is 10.4. The summed E-state index contributed by atoms with van der Waals surface area (Å²) in [7, 11) is -4.04. The molecule has 1 aliphatic heterocycles. The Kier molecular flexibility index (Phi) is 3.91. The fourth-order valence-electron chi connectivity index (χ4n) is 3.68. The van der Waals surface area contributed by atoms with E-state index in [9.17, 15) is 12.8 Å². The van der Waals surface area contributed by atoms with Crippen LogP contribution >= 0.6 is 0 Å². The number of hydrogen-bond donors (Lipinski definition) is 1. The maximum Gasteiger partial charge on any atom is 0.240 e. The van der Waals surface area contributed by atoms with Crippen LogP contribution in [-0.2, 0) is 15.4 Å². The number of aliphatic imine (C=N–C) groups is 1. The van der Waals surface area contributed by atoms with Crippen molar-refractivity contribution >= 4 is 16.2 Å². The number of benzene rings is 1. The molecule has 6 heteroatoms. The van der Waals surface area contributed by atoms with Gasteiger partial charge in [0.1, 0.15) is 10.7 Å². The lowest BCUT2D eigenvalue weighted by molar-refractivity contribution is 0.343. The van der Waals surface area contributed by atoms with Crippen molar-refractivity contribution in [1.29, 1.82) is 0 Å². The Bertz CT molecular complexity index is 737. The van der Waals surface area contributed by atoms with Crippen molar-refractivity contribution in [3.63, 3.8) is 0 Å². The maximum absolute atomic E-state index is 14.2. The number of rotatable bonds is 3. The summed E-state index contributed by atoms with van der Waals surface area (Å²) in [5.41, 5.74) is 0.431. The largest absolute Gasteiger partial charge is 0.292 e. The van der Waals surface area contributed by atoms with Crippen LogP contribution in [0.5, 0.6) is 0 Å². The van der Waals surface area contributed by atoms with Crippen LogP contribution in [0.3, 0.4) is 0 Å². The number of allylic oxidation sites excluding steroid dienone is 1.